The van der Waals surface area contributed by atoms with Gasteiger partial charge >= 0.3 is 0 Å². The lowest BCUT2D eigenvalue weighted by atomic mass is 10.0. The molecule has 0 amide bonds. The van der Waals surface area contributed by atoms with Crippen LogP contribution in [0.2, 0.25) is 0 Å². The first kappa shape index (κ1) is 14.8. The van der Waals surface area contributed by atoms with E-state index in [2.05, 4.69) is 36.1 Å². The summed E-state index contributed by atoms with van der Waals surface area (Å²) in [6, 6.07) is 18.6. The molecule has 1 aliphatic rings. The smallest absolute Gasteiger partial charge is 0.158 e. The maximum Gasteiger partial charge on any atom is 0.158 e. The fraction of sp³-hybridized carbons (Fsp3) is 0.300. The molecule has 2 nitrogen and oxygen atoms in total. The van der Waals surface area contributed by atoms with Gasteiger partial charge in [0, 0.05) is 12.2 Å². The first-order valence-corrected chi connectivity index (χ1v) is 7.79. The van der Waals surface area contributed by atoms with Crippen molar-refractivity contribution in [1.29, 1.82) is 0 Å². The highest BCUT2D eigenvalue weighted by Gasteiger charge is 2.12. The second kappa shape index (κ2) is 7.79. The van der Waals surface area contributed by atoms with Gasteiger partial charge in [0.05, 0.1) is 0 Å². The Bertz CT molecular complexity index is 646. The fourth-order valence-electron chi connectivity index (χ4n) is 2.52. The van der Waals surface area contributed by atoms with Crippen molar-refractivity contribution >= 4 is 0 Å². The molecule has 2 heteroatoms. The molecule has 0 aromatic heterocycles. The lowest BCUT2D eigenvalue weighted by Crippen LogP contribution is -2.22. The van der Waals surface area contributed by atoms with Crippen LogP contribution in [0.15, 0.2) is 54.6 Å². The topological polar surface area (TPSA) is 18.5 Å². The van der Waals surface area contributed by atoms with Crippen LogP contribution in [0.1, 0.15) is 24.8 Å². The molecule has 0 spiro atoms. The van der Waals surface area contributed by atoms with E-state index in [1.807, 2.05) is 30.3 Å². The first-order chi connectivity index (χ1) is 10.9. The van der Waals surface area contributed by atoms with Gasteiger partial charge in [-0.1, -0.05) is 54.3 Å². The molecule has 0 N–H and O–H groups in total. The standard InChI is InChI=1S/C20H20O2/c1-2-10-18(11-3-1)19-12-6-8-17(16-19)9-7-15-22-20-13-4-5-14-21-20/h1-3,6,8,10-12,16,20H,4-5,13-15H2. The Morgan fingerprint density at radius 2 is 1.86 bits per heavy atom. The summed E-state index contributed by atoms with van der Waals surface area (Å²) >= 11 is 0. The quantitative estimate of drug-likeness (QED) is 0.787. The summed E-state index contributed by atoms with van der Waals surface area (Å²) in [6.45, 7) is 1.22. The molecule has 0 bridgehead atoms. The van der Waals surface area contributed by atoms with Crippen molar-refractivity contribution in [2.24, 2.45) is 0 Å². The van der Waals surface area contributed by atoms with Crippen molar-refractivity contribution < 1.29 is 9.47 Å². The predicted molar refractivity (Wildman–Crippen MR) is 88.3 cm³/mol. The van der Waals surface area contributed by atoms with Crippen LogP contribution in [0.5, 0.6) is 0 Å². The summed E-state index contributed by atoms with van der Waals surface area (Å²) in [5, 5.41) is 0. The van der Waals surface area contributed by atoms with Crippen LogP contribution in [0, 0.1) is 11.8 Å². The average Bonchev–Trinajstić information content (AvgIpc) is 2.61. The molecule has 2 aromatic rings. The van der Waals surface area contributed by atoms with E-state index in [9.17, 15) is 0 Å². The minimum Gasteiger partial charge on any atom is -0.353 e. The van der Waals surface area contributed by atoms with E-state index in [4.69, 9.17) is 9.47 Å². The minimum atomic E-state index is -0.0706. The van der Waals surface area contributed by atoms with Crippen LogP contribution < -0.4 is 0 Å². The number of hydrogen-bond acceptors (Lipinski definition) is 2. The average molecular weight is 292 g/mol. The molecule has 0 saturated carbocycles. The van der Waals surface area contributed by atoms with Crippen molar-refractivity contribution in [2.75, 3.05) is 13.2 Å². The zero-order valence-electron chi connectivity index (χ0n) is 12.6. The summed E-state index contributed by atoms with van der Waals surface area (Å²) in [4.78, 5) is 0. The van der Waals surface area contributed by atoms with Gasteiger partial charge < -0.3 is 9.47 Å². The van der Waals surface area contributed by atoms with Gasteiger partial charge in [0.2, 0.25) is 0 Å². The van der Waals surface area contributed by atoms with E-state index in [0.29, 0.717) is 6.61 Å². The maximum absolute atomic E-state index is 5.62. The molecule has 0 radical (unpaired) electrons. The van der Waals surface area contributed by atoms with Crippen LogP contribution in [0.4, 0.5) is 0 Å². The summed E-state index contributed by atoms with van der Waals surface area (Å²) in [5.74, 6) is 6.24. The highest BCUT2D eigenvalue weighted by molar-refractivity contribution is 5.65. The van der Waals surface area contributed by atoms with Crippen LogP contribution in [-0.2, 0) is 9.47 Å². The van der Waals surface area contributed by atoms with Crippen LogP contribution in [0.25, 0.3) is 11.1 Å². The summed E-state index contributed by atoms with van der Waals surface area (Å²) in [6.07, 6.45) is 3.22. The van der Waals surface area contributed by atoms with Crippen molar-refractivity contribution in [3.63, 3.8) is 0 Å². The normalized spacial score (nSPS) is 17.5. The third-order valence-corrected chi connectivity index (χ3v) is 3.68. The molecule has 1 unspecified atom stereocenters. The Balaban J connectivity index is 1.60. The van der Waals surface area contributed by atoms with E-state index in [1.54, 1.807) is 0 Å². The number of benzene rings is 2. The Morgan fingerprint density at radius 1 is 1.00 bits per heavy atom. The number of rotatable bonds is 3. The lowest BCUT2D eigenvalue weighted by molar-refractivity contribution is -0.154. The molecule has 1 saturated heterocycles. The number of hydrogen-bond donors (Lipinski definition) is 0. The van der Waals surface area contributed by atoms with E-state index in [-0.39, 0.29) is 6.29 Å². The van der Waals surface area contributed by atoms with Crippen molar-refractivity contribution in [1.82, 2.24) is 0 Å². The van der Waals surface area contributed by atoms with Gasteiger partial charge in [-0.25, -0.2) is 0 Å². The second-order valence-electron chi connectivity index (χ2n) is 5.36. The van der Waals surface area contributed by atoms with Gasteiger partial charge in [0.1, 0.15) is 6.61 Å². The van der Waals surface area contributed by atoms with Gasteiger partial charge in [-0.15, -0.1) is 0 Å². The molecule has 112 valence electrons. The fourth-order valence-corrected chi connectivity index (χ4v) is 2.52. The number of ether oxygens (including phenoxy) is 2. The molecule has 2 aromatic carbocycles. The summed E-state index contributed by atoms with van der Waals surface area (Å²) in [5.41, 5.74) is 3.40. The molecule has 1 heterocycles. The van der Waals surface area contributed by atoms with Crippen LogP contribution >= 0.6 is 0 Å². The SMILES string of the molecule is C(#Cc1cccc(-c2ccccc2)c1)COC1CCCCO1. The molecule has 3 rings (SSSR count). The Labute approximate surface area is 132 Å². The van der Waals surface area contributed by atoms with Gasteiger partial charge in [0.15, 0.2) is 6.29 Å². The molecular weight excluding hydrogens is 272 g/mol. The van der Waals surface area contributed by atoms with Crippen molar-refractivity contribution in [2.45, 2.75) is 25.6 Å². The molecule has 0 aliphatic carbocycles. The molecular formula is C20H20O2. The van der Waals surface area contributed by atoms with Crippen LogP contribution in [0.3, 0.4) is 0 Å². The van der Waals surface area contributed by atoms with E-state index < -0.39 is 0 Å². The Morgan fingerprint density at radius 3 is 2.68 bits per heavy atom. The van der Waals surface area contributed by atoms with Crippen molar-refractivity contribution in [3.8, 4) is 23.0 Å². The van der Waals surface area contributed by atoms with Gasteiger partial charge in [-0.05, 0) is 42.5 Å². The Hall–Kier alpha value is -2.08. The second-order valence-corrected chi connectivity index (χ2v) is 5.36. The third-order valence-electron chi connectivity index (χ3n) is 3.68. The van der Waals surface area contributed by atoms with E-state index in [1.165, 1.54) is 17.5 Å². The van der Waals surface area contributed by atoms with E-state index in [0.717, 1.165) is 25.0 Å². The van der Waals surface area contributed by atoms with Crippen LogP contribution in [-0.4, -0.2) is 19.5 Å². The highest BCUT2D eigenvalue weighted by Crippen LogP contribution is 2.19. The Kier molecular flexibility index (Phi) is 5.26. The van der Waals surface area contributed by atoms with Gasteiger partial charge in [0.25, 0.3) is 0 Å². The zero-order chi connectivity index (χ0) is 15.0. The first-order valence-electron chi connectivity index (χ1n) is 7.79. The van der Waals surface area contributed by atoms with Gasteiger partial charge in [-0.3, -0.25) is 0 Å². The predicted octanol–water partition coefficient (Wildman–Crippen LogP) is 4.25. The lowest BCUT2D eigenvalue weighted by Gasteiger charge is -2.21. The maximum atomic E-state index is 5.62. The largest absolute Gasteiger partial charge is 0.353 e. The summed E-state index contributed by atoms with van der Waals surface area (Å²) in [7, 11) is 0. The van der Waals surface area contributed by atoms with E-state index >= 15 is 0 Å². The third kappa shape index (κ3) is 4.21. The molecule has 22 heavy (non-hydrogen) atoms. The molecule has 1 fully saturated rings. The monoisotopic (exact) mass is 292 g/mol. The zero-order valence-corrected chi connectivity index (χ0v) is 12.6. The molecule has 1 atom stereocenters. The summed E-state index contributed by atoms with van der Waals surface area (Å²) < 4.78 is 11.1. The highest BCUT2D eigenvalue weighted by atomic mass is 16.7. The van der Waals surface area contributed by atoms with Gasteiger partial charge in [-0.2, -0.15) is 0 Å². The minimum absolute atomic E-state index is 0.0706. The van der Waals surface area contributed by atoms with Crippen molar-refractivity contribution in [3.05, 3.63) is 60.2 Å². The molecule has 1 aliphatic heterocycles.